The summed E-state index contributed by atoms with van der Waals surface area (Å²) in [6.45, 7) is 9.69. The molecule has 0 aromatic rings. The summed E-state index contributed by atoms with van der Waals surface area (Å²) in [7, 11) is 0. The topological polar surface area (TPSA) is 23.9 Å². The second kappa shape index (κ2) is 4.04. The van der Waals surface area contributed by atoms with Crippen LogP contribution in [0.15, 0.2) is 23.8 Å². The second-order valence-corrected chi connectivity index (χ2v) is 2.49. The fourth-order valence-electron chi connectivity index (χ4n) is 0.487. The van der Waals surface area contributed by atoms with Crippen LogP contribution in [-0.4, -0.2) is 5.71 Å². The monoisotopic (exact) mass is 137 g/mol. The van der Waals surface area contributed by atoms with Gasteiger partial charge in [0.15, 0.2) is 0 Å². The number of rotatable bonds is 3. The van der Waals surface area contributed by atoms with E-state index in [2.05, 4.69) is 6.58 Å². The van der Waals surface area contributed by atoms with E-state index >= 15 is 0 Å². The van der Waals surface area contributed by atoms with E-state index in [-0.39, 0.29) is 0 Å². The molecule has 0 aliphatic carbocycles. The lowest BCUT2D eigenvalue weighted by Crippen LogP contribution is -1.89. The third-order valence-corrected chi connectivity index (χ3v) is 1.44. The van der Waals surface area contributed by atoms with Crippen LogP contribution >= 0.6 is 0 Å². The highest BCUT2D eigenvalue weighted by molar-refractivity contribution is 5.93. The van der Waals surface area contributed by atoms with Gasteiger partial charge in [0.05, 0.1) is 0 Å². The molecule has 0 amide bonds. The van der Waals surface area contributed by atoms with E-state index in [0.29, 0.717) is 5.71 Å². The van der Waals surface area contributed by atoms with Crippen LogP contribution in [0.3, 0.4) is 0 Å². The van der Waals surface area contributed by atoms with Crippen LogP contribution in [0.2, 0.25) is 0 Å². The Kier molecular flexibility index (Phi) is 3.70. The molecule has 0 aromatic heterocycles. The van der Waals surface area contributed by atoms with Gasteiger partial charge in [0.1, 0.15) is 0 Å². The molecular formula is C9H15N. The Morgan fingerprint density at radius 3 is 2.30 bits per heavy atom. The van der Waals surface area contributed by atoms with Crippen LogP contribution < -0.4 is 0 Å². The molecule has 0 bridgehead atoms. The van der Waals surface area contributed by atoms with Gasteiger partial charge in [-0.1, -0.05) is 19.1 Å². The molecule has 0 heterocycles. The molecule has 1 heteroatoms. The average molecular weight is 137 g/mol. The maximum Gasteiger partial charge on any atom is 0.0313 e. The van der Waals surface area contributed by atoms with Gasteiger partial charge in [0.2, 0.25) is 0 Å². The fourth-order valence-corrected chi connectivity index (χ4v) is 0.487. The van der Waals surface area contributed by atoms with E-state index in [1.807, 2.05) is 26.8 Å². The molecule has 0 spiro atoms. The molecule has 0 radical (unpaired) electrons. The van der Waals surface area contributed by atoms with Gasteiger partial charge in [-0.15, -0.1) is 0 Å². The van der Waals surface area contributed by atoms with Crippen molar-refractivity contribution in [3.05, 3.63) is 23.8 Å². The molecule has 0 aliphatic heterocycles. The van der Waals surface area contributed by atoms with Crippen LogP contribution in [0.25, 0.3) is 0 Å². The van der Waals surface area contributed by atoms with Gasteiger partial charge in [-0.3, -0.25) is 0 Å². The SMILES string of the molecule is C=C(C)/C(C)=C/C(=N)CC. The Morgan fingerprint density at radius 2 is 2.00 bits per heavy atom. The summed E-state index contributed by atoms with van der Waals surface area (Å²) < 4.78 is 0. The summed E-state index contributed by atoms with van der Waals surface area (Å²) >= 11 is 0. The van der Waals surface area contributed by atoms with E-state index in [1.165, 1.54) is 0 Å². The molecule has 0 unspecified atom stereocenters. The third kappa shape index (κ3) is 3.23. The Balaban J connectivity index is 4.16. The first kappa shape index (κ1) is 9.15. The lowest BCUT2D eigenvalue weighted by Gasteiger charge is -1.97. The van der Waals surface area contributed by atoms with Gasteiger partial charge in [0, 0.05) is 5.71 Å². The summed E-state index contributed by atoms with van der Waals surface area (Å²) in [5, 5.41) is 7.34. The molecule has 0 atom stereocenters. The molecule has 10 heavy (non-hydrogen) atoms. The first-order chi connectivity index (χ1) is 4.57. The van der Waals surface area contributed by atoms with Crippen molar-refractivity contribution >= 4 is 5.71 Å². The highest BCUT2D eigenvalue weighted by atomic mass is 14.4. The molecule has 56 valence electrons. The van der Waals surface area contributed by atoms with Crippen molar-refractivity contribution in [2.24, 2.45) is 0 Å². The zero-order chi connectivity index (χ0) is 8.15. The van der Waals surface area contributed by atoms with Crippen molar-refractivity contribution in [2.45, 2.75) is 27.2 Å². The summed E-state index contributed by atoms with van der Waals surface area (Å²) in [6.07, 6.45) is 2.66. The highest BCUT2D eigenvalue weighted by Gasteiger charge is 1.90. The van der Waals surface area contributed by atoms with Crippen molar-refractivity contribution in [1.82, 2.24) is 0 Å². The van der Waals surface area contributed by atoms with Crippen molar-refractivity contribution in [2.75, 3.05) is 0 Å². The third-order valence-electron chi connectivity index (χ3n) is 1.44. The van der Waals surface area contributed by atoms with Crippen LogP contribution in [0.5, 0.6) is 0 Å². The van der Waals surface area contributed by atoms with E-state index in [9.17, 15) is 0 Å². The fraction of sp³-hybridized carbons (Fsp3) is 0.444. The molecule has 0 aromatic carbocycles. The van der Waals surface area contributed by atoms with Crippen molar-refractivity contribution < 1.29 is 0 Å². The van der Waals surface area contributed by atoms with Gasteiger partial charge in [-0.25, -0.2) is 0 Å². The second-order valence-electron chi connectivity index (χ2n) is 2.49. The van der Waals surface area contributed by atoms with E-state index < -0.39 is 0 Å². The maximum atomic E-state index is 7.34. The Bertz CT molecular complexity index is 175. The van der Waals surface area contributed by atoms with Crippen molar-refractivity contribution in [1.29, 1.82) is 5.41 Å². The lowest BCUT2D eigenvalue weighted by atomic mass is 10.1. The van der Waals surface area contributed by atoms with Crippen LogP contribution in [-0.2, 0) is 0 Å². The van der Waals surface area contributed by atoms with Crippen LogP contribution in [0.4, 0.5) is 0 Å². The highest BCUT2D eigenvalue weighted by Crippen LogP contribution is 2.04. The van der Waals surface area contributed by atoms with Crippen molar-refractivity contribution in [3.63, 3.8) is 0 Å². The summed E-state index contributed by atoms with van der Waals surface area (Å²) in [5.41, 5.74) is 2.81. The maximum absolute atomic E-state index is 7.34. The molecule has 0 aliphatic rings. The number of nitrogens with one attached hydrogen (secondary N) is 1. The van der Waals surface area contributed by atoms with Gasteiger partial charge in [0.25, 0.3) is 0 Å². The number of hydrogen-bond donors (Lipinski definition) is 1. The standard InChI is InChI=1S/C9H15N/c1-5-9(10)6-8(4)7(2)3/h6,10H,2,5H2,1,3-4H3/b8-6+,10-9?. The average Bonchev–Trinajstić information content (AvgIpc) is 1.87. The molecular weight excluding hydrogens is 122 g/mol. The summed E-state index contributed by atoms with van der Waals surface area (Å²) in [5.74, 6) is 0. The Hall–Kier alpha value is -0.850. The summed E-state index contributed by atoms with van der Waals surface area (Å²) in [4.78, 5) is 0. The van der Waals surface area contributed by atoms with E-state index in [0.717, 1.165) is 17.6 Å². The Morgan fingerprint density at radius 1 is 1.50 bits per heavy atom. The quantitative estimate of drug-likeness (QED) is 0.457. The van der Waals surface area contributed by atoms with Crippen LogP contribution in [0, 0.1) is 5.41 Å². The predicted octanol–water partition coefficient (Wildman–Crippen LogP) is 2.94. The first-order valence-electron chi connectivity index (χ1n) is 3.49. The minimum atomic E-state index is 0.667. The number of hydrogen-bond acceptors (Lipinski definition) is 1. The zero-order valence-electron chi connectivity index (χ0n) is 6.99. The van der Waals surface area contributed by atoms with Crippen LogP contribution in [0.1, 0.15) is 27.2 Å². The molecule has 0 rings (SSSR count). The smallest absolute Gasteiger partial charge is 0.0313 e. The minimum Gasteiger partial charge on any atom is -0.305 e. The van der Waals surface area contributed by atoms with Gasteiger partial charge < -0.3 is 5.41 Å². The predicted molar refractivity (Wildman–Crippen MR) is 46.6 cm³/mol. The Labute approximate surface area is 63.0 Å². The lowest BCUT2D eigenvalue weighted by molar-refractivity contribution is 1.24. The van der Waals surface area contributed by atoms with E-state index in [4.69, 9.17) is 5.41 Å². The molecule has 0 fully saturated rings. The van der Waals surface area contributed by atoms with Crippen molar-refractivity contribution in [3.8, 4) is 0 Å². The van der Waals surface area contributed by atoms with Gasteiger partial charge >= 0.3 is 0 Å². The van der Waals surface area contributed by atoms with Gasteiger partial charge in [-0.2, -0.15) is 0 Å². The minimum absolute atomic E-state index is 0.667. The first-order valence-corrected chi connectivity index (χ1v) is 3.49. The summed E-state index contributed by atoms with van der Waals surface area (Å²) in [6, 6.07) is 0. The molecule has 0 saturated heterocycles. The number of allylic oxidation sites excluding steroid dienone is 3. The zero-order valence-corrected chi connectivity index (χ0v) is 6.99. The molecule has 1 N–H and O–H groups in total. The molecule has 0 saturated carbocycles. The molecule has 1 nitrogen and oxygen atoms in total. The van der Waals surface area contributed by atoms with E-state index in [1.54, 1.807) is 0 Å². The van der Waals surface area contributed by atoms with Gasteiger partial charge in [-0.05, 0) is 31.9 Å². The normalized spacial score (nSPS) is 11.3. The largest absolute Gasteiger partial charge is 0.305 e.